The second-order valence-corrected chi connectivity index (χ2v) is 4.49. The molecule has 0 saturated carbocycles. The van der Waals surface area contributed by atoms with Crippen LogP contribution in [0.1, 0.15) is 11.1 Å². The predicted molar refractivity (Wildman–Crippen MR) is 72.5 cm³/mol. The van der Waals surface area contributed by atoms with Crippen LogP contribution in [0.5, 0.6) is 11.5 Å². The van der Waals surface area contributed by atoms with Crippen LogP contribution in [-0.2, 0) is 0 Å². The van der Waals surface area contributed by atoms with E-state index < -0.39 is 0 Å². The van der Waals surface area contributed by atoms with Crippen molar-refractivity contribution in [2.45, 2.75) is 6.92 Å². The summed E-state index contributed by atoms with van der Waals surface area (Å²) in [5, 5.41) is 9.05. The lowest BCUT2D eigenvalue weighted by Gasteiger charge is -2.19. The summed E-state index contributed by atoms with van der Waals surface area (Å²) in [6, 6.07) is 8.97. The van der Waals surface area contributed by atoms with Gasteiger partial charge in [-0.25, -0.2) is 0 Å². The highest BCUT2D eigenvalue weighted by atomic mass is 16.6. The Morgan fingerprint density at radius 2 is 1.95 bits per heavy atom. The SMILES string of the molecule is Cc1ccn(-c2ccc3c(c2)OCCO3)c(=O)c1C#N. The molecule has 3 rings (SSSR count). The molecule has 1 aliphatic heterocycles. The average molecular weight is 268 g/mol. The van der Waals surface area contributed by atoms with Crippen molar-refractivity contribution in [3.8, 4) is 23.3 Å². The highest BCUT2D eigenvalue weighted by Gasteiger charge is 2.14. The third kappa shape index (κ3) is 1.91. The molecule has 0 radical (unpaired) electrons. The fraction of sp³-hybridized carbons (Fsp3) is 0.200. The van der Waals surface area contributed by atoms with Crippen molar-refractivity contribution >= 4 is 0 Å². The minimum atomic E-state index is -0.329. The second-order valence-electron chi connectivity index (χ2n) is 4.49. The van der Waals surface area contributed by atoms with Crippen LogP contribution in [0.2, 0.25) is 0 Å². The maximum atomic E-state index is 12.3. The lowest BCUT2D eigenvalue weighted by atomic mass is 10.1. The van der Waals surface area contributed by atoms with E-state index in [1.807, 2.05) is 6.07 Å². The standard InChI is InChI=1S/C15H12N2O3/c1-10-4-5-17(15(18)12(10)9-16)11-2-3-13-14(8-11)20-7-6-19-13/h2-5,8H,6-7H2,1H3. The summed E-state index contributed by atoms with van der Waals surface area (Å²) < 4.78 is 12.4. The average Bonchev–Trinajstić information content (AvgIpc) is 2.47. The number of nitriles is 1. The highest BCUT2D eigenvalue weighted by Crippen LogP contribution is 2.31. The summed E-state index contributed by atoms with van der Waals surface area (Å²) in [5.74, 6) is 1.28. The van der Waals surface area contributed by atoms with E-state index in [-0.39, 0.29) is 11.1 Å². The van der Waals surface area contributed by atoms with E-state index in [2.05, 4.69) is 0 Å². The van der Waals surface area contributed by atoms with Crippen LogP contribution >= 0.6 is 0 Å². The Balaban J connectivity index is 2.15. The van der Waals surface area contributed by atoms with E-state index in [4.69, 9.17) is 14.7 Å². The number of aryl methyl sites for hydroxylation is 1. The molecule has 1 aromatic heterocycles. The summed E-state index contributed by atoms with van der Waals surface area (Å²) in [5.41, 5.74) is 1.15. The van der Waals surface area contributed by atoms with Crippen LogP contribution in [0.25, 0.3) is 5.69 Å². The van der Waals surface area contributed by atoms with E-state index in [0.29, 0.717) is 36.0 Å². The van der Waals surface area contributed by atoms with Gasteiger partial charge in [0.1, 0.15) is 24.8 Å². The number of ether oxygens (including phenoxy) is 2. The van der Waals surface area contributed by atoms with Gasteiger partial charge in [-0.2, -0.15) is 5.26 Å². The van der Waals surface area contributed by atoms with Crippen molar-refractivity contribution in [3.05, 3.63) is 51.9 Å². The van der Waals surface area contributed by atoms with Crippen molar-refractivity contribution in [2.24, 2.45) is 0 Å². The first-order chi connectivity index (χ1) is 9.70. The van der Waals surface area contributed by atoms with Gasteiger partial charge in [-0.15, -0.1) is 0 Å². The first kappa shape index (κ1) is 12.3. The lowest BCUT2D eigenvalue weighted by Crippen LogP contribution is -2.22. The molecular weight excluding hydrogens is 256 g/mol. The summed E-state index contributed by atoms with van der Waals surface area (Å²) >= 11 is 0. The fourth-order valence-corrected chi connectivity index (χ4v) is 2.15. The number of fused-ring (bicyclic) bond motifs is 1. The third-order valence-electron chi connectivity index (χ3n) is 3.22. The number of nitrogens with zero attached hydrogens (tertiary/aromatic N) is 2. The van der Waals surface area contributed by atoms with Crippen LogP contribution in [-0.4, -0.2) is 17.8 Å². The molecule has 0 atom stereocenters. The van der Waals surface area contributed by atoms with E-state index in [9.17, 15) is 4.79 Å². The highest BCUT2D eigenvalue weighted by molar-refractivity contribution is 5.50. The minimum Gasteiger partial charge on any atom is -0.486 e. The molecule has 5 nitrogen and oxygen atoms in total. The van der Waals surface area contributed by atoms with E-state index in [0.717, 1.165) is 0 Å². The number of pyridine rings is 1. The molecule has 5 heteroatoms. The van der Waals surface area contributed by atoms with Crippen LogP contribution in [0.15, 0.2) is 35.3 Å². The first-order valence-corrected chi connectivity index (χ1v) is 6.23. The van der Waals surface area contributed by atoms with Gasteiger partial charge in [-0.05, 0) is 30.7 Å². The Bertz CT molecular complexity index is 772. The molecule has 1 aromatic carbocycles. The van der Waals surface area contributed by atoms with Gasteiger partial charge in [-0.3, -0.25) is 9.36 Å². The van der Waals surface area contributed by atoms with Gasteiger partial charge < -0.3 is 9.47 Å². The molecule has 2 aromatic rings. The van der Waals surface area contributed by atoms with E-state index >= 15 is 0 Å². The molecule has 0 saturated heterocycles. The summed E-state index contributed by atoms with van der Waals surface area (Å²) in [4.78, 5) is 12.3. The zero-order valence-electron chi connectivity index (χ0n) is 10.9. The summed E-state index contributed by atoms with van der Waals surface area (Å²) in [7, 11) is 0. The molecule has 0 amide bonds. The van der Waals surface area contributed by atoms with Crippen molar-refractivity contribution in [1.82, 2.24) is 4.57 Å². The topological polar surface area (TPSA) is 64.2 Å². The molecule has 100 valence electrons. The molecule has 0 unspecified atom stereocenters. The zero-order valence-corrected chi connectivity index (χ0v) is 10.9. The largest absolute Gasteiger partial charge is 0.486 e. The van der Waals surface area contributed by atoms with E-state index in [1.54, 1.807) is 37.4 Å². The Morgan fingerprint density at radius 1 is 1.20 bits per heavy atom. The van der Waals surface area contributed by atoms with Gasteiger partial charge in [0.25, 0.3) is 5.56 Å². The van der Waals surface area contributed by atoms with Gasteiger partial charge >= 0.3 is 0 Å². The fourth-order valence-electron chi connectivity index (χ4n) is 2.15. The number of aromatic nitrogens is 1. The second kappa shape index (κ2) is 4.74. The molecule has 0 aliphatic carbocycles. The summed E-state index contributed by atoms with van der Waals surface area (Å²) in [6.45, 7) is 2.76. The number of benzene rings is 1. The summed E-state index contributed by atoms with van der Waals surface area (Å²) in [6.07, 6.45) is 1.66. The quantitative estimate of drug-likeness (QED) is 0.791. The van der Waals surface area contributed by atoms with Crippen molar-refractivity contribution in [1.29, 1.82) is 5.26 Å². The van der Waals surface area contributed by atoms with Crippen LogP contribution in [0, 0.1) is 18.3 Å². The molecule has 20 heavy (non-hydrogen) atoms. The van der Waals surface area contributed by atoms with Gasteiger partial charge in [0.05, 0.1) is 5.69 Å². The molecule has 0 bridgehead atoms. The first-order valence-electron chi connectivity index (χ1n) is 6.23. The van der Waals surface area contributed by atoms with Gasteiger partial charge in [-0.1, -0.05) is 0 Å². The normalized spacial score (nSPS) is 12.8. The molecule has 1 aliphatic rings. The maximum absolute atomic E-state index is 12.3. The maximum Gasteiger partial charge on any atom is 0.273 e. The lowest BCUT2D eigenvalue weighted by molar-refractivity contribution is 0.171. The van der Waals surface area contributed by atoms with Crippen molar-refractivity contribution < 1.29 is 9.47 Å². The van der Waals surface area contributed by atoms with Crippen LogP contribution < -0.4 is 15.0 Å². The Labute approximate surface area is 115 Å². The molecule has 0 spiro atoms. The van der Waals surface area contributed by atoms with Crippen LogP contribution in [0.4, 0.5) is 0 Å². The van der Waals surface area contributed by atoms with E-state index in [1.165, 1.54) is 4.57 Å². The molecule has 0 N–H and O–H groups in total. The third-order valence-corrected chi connectivity index (χ3v) is 3.22. The zero-order chi connectivity index (χ0) is 14.1. The van der Waals surface area contributed by atoms with Crippen LogP contribution in [0.3, 0.4) is 0 Å². The Hall–Kier alpha value is -2.74. The predicted octanol–water partition coefficient (Wildman–Crippen LogP) is 1.79. The van der Waals surface area contributed by atoms with Gasteiger partial charge in [0, 0.05) is 12.3 Å². The number of rotatable bonds is 1. The molecule has 0 fully saturated rings. The smallest absolute Gasteiger partial charge is 0.273 e. The van der Waals surface area contributed by atoms with Crippen molar-refractivity contribution in [3.63, 3.8) is 0 Å². The molecule has 2 heterocycles. The Kier molecular flexibility index (Phi) is 2.92. The monoisotopic (exact) mass is 268 g/mol. The minimum absolute atomic E-state index is 0.155. The van der Waals surface area contributed by atoms with Crippen molar-refractivity contribution in [2.75, 3.05) is 13.2 Å². The number of hydrogen-bond donors (Lipinski definition) is 0. The molecular formula is C15H12N2O3. The Morgan fingerprint density at radius 3 is 2.70 bits per heavy atom. The van der Waals surface area contributed by atoms with Gasteiger partial charge in [0.2, 0.25) is 0 Å². The van der Waals surface area contributed by atoms with Gasteiger partial charge in [0.15, 0.2) is 11.5 Å². The number of hydrogen-bond acceptors (Lipinski definition) is 4.